The van der Waals surface area contributed by atoms with Gasteiger partial charge in [-0.3, -0.25) is 4.79 Å². The second-order valence-corrected chi connectivity index (χ2v) is 6.65. The van der Waals surface area contributed by atoms with E-state index in [1.54, 1.807) is 29.3 Å². The summed E-state index contributed by atoms with van der Waals surface area (Å²) in [6.07, 6.45) is 3.04. The fourth-order valence-electron chi connectivity index (χ4n) is 3.14. The first-order valence-corrected chi connectivity index (χ1v) is 9.30. The molecule has 0 aliphatic carbocycles. The van der Waals surface area contributed by atoms with Gasteiger partial charge in [-0.05, 0) is 30.3 Å². The van der Waals surface area contributed by atoms with Crippen molar-refractivity contribution in [2.75, 3.05) is 31.5 Å². The van der Waals surface area contributed by atoms with Crippen LogP contribution in [0.4, 0.5) is 14.6 Å². The molecule has 0 radical (unpaired) electrons. The molecule has 0 atom stereocenters. The van der Waals surface area contributed by atoms with Gasteiger partial charge in [0.15, 0.2) is 11.6 Å². The van der Waals surface area contributed by atoms with Crippen LogP contribution in [0.25, 0.3) is 5.69 Å². The summed E-state index contributed by atoms with van der Waals surface area (Å²) in [6.45, 7) is 3.28. The monoisotopic (exact) mass is 398 g/mol. The average Bonchev–Trinajstić information content (AvgIpc) is 3.21. The quantitative estimate of drug-likeness (QED) is 0.689. The smallest absolute Gasteiger partial charge is 0.255 e. The van der Waals surface area contributed by atoms with E-state index in [-0.39, 0.29) is 11.6 Å². The van der Waals surface area contributed by atoms with Crippen molar-refractivity contribution in [2.24, 2.45) is 0 Å². The number of piperazine rings is 1. The molecular weight excluding hydrogens is 378 g/mol. The normalized spacial score (nSPS) is 14.1. The zero-order valence-electron chi connectivity index (χ0n) is 15.6. The summed E-state index contributed by atoms with van der Waals surface area (Å²) in [7, 11) is 0. The molecule has 0 saturated carbocycles. The summed E-state index contributed by atoms with van der Waals surface area (Å²) in [6, 6.07) is 8.80. The van der Waals surface area contributed by atoms with Crippen LogP contribution in [0.2, 0.25) is 0 Å². The number of carbonyl (C=O) groups excluding carboxylic acids is 1. The Hall–Kier alpha value is -3.33. The van der Waals surface area contributed by atoms with Gasteiger partial charge in [-0.15, -0.1) is 0 Å². The van der Waals surface area contributed by atoms with Crippen LogP contribution in [0.15, 0.2) is 48.8 Å². The Morgan fingerprint density at radius 2 is 1.86 bits per heavy atom. The van der Waals surface area contributed by atoms with Crippen LogP contribution >= 0.6 is 0 Å². The van der Waals surface area contributed by atoms with Gasteiger partial charge in [0.05, 0.1) is 17.8 Å². The van der Waals surface area contributed by atoms with E-state index in [2.05, 4.69) is 20.7 Å². The van der Waals surface area contributed by atoms with E-state index in [0.29, 0.717) is 36.7 Å². The van der Waals surface area contributed by atoms with Crippen molar-refractivity contribution < 1.29 is 13.6 Å². The number of benzene rings is 1. The number of aromatic nitrogens is 3. The fraction of sp³-hybridized carbons (Fsp3) is 0.250. The highest BCUT2D eigenvalue weighted by atomic mass is 19.1. The minimum Gasteiger partial charge on any atom is -0.364 e. The van der Waals surface area contributed by atoms with Crippen LogP contribution in [0, 0.1) is 11.6 Å². The predicted octanol–water partition coefficient (Wildman–Crippen LogP) is 2.20. The minimum absolute atomic E-state index is 0.0313. The third kappa shape index (κ3) is 4.24. The molecule has 3 heterocycles. The van der Waals surface area contributed by atoms with Gasteiger partial charge in [-0.1, -0.05) is 6.07 Å². The van der Waals surface area contributed by atoms with E-state index >= 15 is 0 Å². The molecule has 0 spiro atoms. The Labute approximate surface area is 166 Å². The number of nitrogens with one attached hydrogen (secondary N) is 2. The molecular formula is C20H20F2N6O. The molecule has 2 aromatic heterocycles. The number of amides is 1. The molecule has 1 saturated heterocycles. The standard InChI is InChI=1S/C20H20F2N6O/c21-16-2-1-3-17(22)19(16)28-9-6-15(26-28)13-25-18-5-4-14(12-24-18)20(29)27-10-7-23-8-11-27/h1-6,9,12,23H,7-8,10-11,13H2,(H,24,25). The Morgan fingerprint density at radius 1 is 1.10 bits per heavy atom. The number of halogens is 2. The number of hydrogen-bond acceptors (Lipinski definition) is 5. The van der Waals surface area contributed by atoms with Crippen molar-refractivity contribution in [3.63, 3.8) is 0 Å². The Morgan fingerprint density at radius 3 is 2.55 bits per heavy atom. The number of hydrogen-bond donors (Lipinski definition) is 2. The SMILES string of the molecule is O=C(c1ccc(NCc2ccn(-c3c(F)cccc3F)n2)nc1)N1CCNCC1. The van der Waals surface area contributed by atoms with Gasteiger partial charge in [0.2, 0.25) is 0 Å². The second-order valence-electron chi connectivity index (χ2n) is 6.65. The van der Waals surface area contributed by atoms with Crippen LogP contribution in [0.1, 0.15) is 16.1 Å². The van der Waals surface area contributed by atoms with Crippen molar-refractivity contribution in [2.45, 2.75) is 6.54 Å². The summed E-state index contributed by atoms with van der Waals surface area (Å²) in [4.78, 5) is 18.5. The number of anilines is 1. The summed E-state index contributed by atoms with van der Waals surface area (Å²) in [5.74, 6) is -0.817. The molecule has 1 aliphatic rings. The van der Waals surface area contributed by atoms with E-state index in [4.69, 9.17) is 0 Å². The van der Waals surface area contributed by atoms with Crippen molar-refractivity contribution in [3.05, 3.63) is 71.7 Å². The van der Waals surface area contributed by atoms with Crippen LogP contribution in [-0.2, 0) is 6.54 Å². The average molecular weight is 398 g/mol. The summed E-state index contributed by atoms with van der Waals surface area (Å²) < 4.78 is 28.9. The molecule has 1 aromatic carbocycles. The lowest BCUT2D eigenvalue weighted by Crippen LogP contribution is -2.46. The Balaban J connectivity index is 1.38. The molecule has 1 aliphatic heterocycles. The summed E-state index contributed by atoms with van der Waals surface area (Å²) in [5.41, 5.74) is 0.917. The summed E-state index contributed by atoms with van der Waals surface area (Å²) in [5, 5.41) is 10.5. The first kappa shape index (κ1) is 19.0. The molecule has 0 unspecified atom stereocenters. The molecule has 4 rings (SSSR count). The lowest BCUT2D eigenvalue weighted by molar-refractivity contribution is 0.0735. The Kier molecular flexibility index (Phi) is 5.48. The van der Waals surface area contributed by atoms with Crippen LogP contribution in [0.3, 0.4) is 0 Å². The van der Waals surface area contributed by atoms with Gasteiger partial charge < -0.3 is 15.5 Å². The third-order valence-corrected chi connectivity index (χ3v) is 4.68. The first-order chi connectivity index (χ1) is 14.1. The number of para-hydroxylation sites is 1. The largest absolute Gasteiger partial charge is 0.364 e. The van der Waals surface area contributed by atoms with E-state index < -0.39 is 11.6 Å². The molecule has 2 N–H and O–H groups in total. The topological polar surface area (TPSA) is 75.1 Å². The lowest BCUT2D eigenvalue weighted by atomic mass is 10.2. The molecule has 150 valence electrons. The van der Waals surface area contributed by atoms with E-state index in [0.717, 1.165) is 13.1 Å². The number of nitrogens with zero attached hydrogens (tertiary/aromatic N) is 4. The van der Waals surface area contributed by atoms with Gasteiger partial charge in [0, 0.05) is 38.6 Å². The number of pyridine rings is 1. The highest BCUT2D eigenvalue weighted by molar-refractivity contribution is 5.94. The van der Waals surface area contributed by atoms with Crippen molar-refractivity contribution in [1.82, 2.24) is 25.0 Å². The molecule has 1 fully saturated rings. The van der Waals surface area contributed by atoms with Gasteiger partial charge in [-0.2, -0.15) is 5.10 Å². The maximum Gasteiger partial charge on any atom is 0.255 e. The maximum atomic E-state index is 13.9. The minimum atomic E-state index is -0.681. The maximum absolute atomic E-state index is 13.9. The fourth-order valence-corrected chi connectivity index (χ4v) is 3.14. The molecule has 7 nitrogen and oxygen atoms in total. The predicted molar refractivity (Wildman–Crippen MR) is 104 cm³/mol. The Bertz CT molecular complexity index is 978. The zero-order valence-corrected chi connectivity index (χ0v) is 15.6. The molecule has 3 aromatic rings. The second kappa shape index (κ2) is 8.36. The molecule has 1 amide bonds. The van der Waals surface area contributed by atoms with E-state index in [9.17, 15) is 13.6 Å². The lowest BCUT2D eigenvalue weighted by Gasteiger charge is -2.27. The van der Waals surface area contributed by atoms with Crippen molar-refractivity contribution in [1.29, 1.82) is 0 Å². The van der Waals surface area contributed by atoms with Crippen LogP contribution < -0.4 is 10.6 Å². The molecule has 9 heteroatoms. The first-order valence-electron chi connectivity index (χ1n) is 9.30. The zero-order chi connectivity index (χ0) is 20.2. The van der Waals surface area contributed by atoms with Gasteiger partial charge >= 0.3 is 0 Å². The van der Waals surface area contributed by atoms with Crippen molar-refractivity contribution in [3.8, 4) is 5.69 Å². The van der Waals surface area contributed by atoms with Gasteiger partial charge in [0.1, 0.15) is 11.5 Å². The number of rotatable bonds is 5. The third-order valence-electron chi connectivity index (χ3n) is 4.68. The van der Waals surface area contributed by atoms with Crippen LogP contribution in [0.5, 0.6) is 0 Å². The summed E-state index contributed by atoms with van der Waals surface area (Å²) >= 11 is 0. The van der Waals surface area contributed by atoms with E-state index in [1.807, 2.05) is 0 Å². The van der Waals surface area contributed by atoms with E-state index in [1.165, 1.54) is 29.1 Å². The number of carbonyl (C=O) groups is 1. The molecule has 0 bridgehead atoms. The van der Waals surface area contributed by atoms with Crippen molar-refractivity contribution >= 4 is 11.7 Å². The van der Waals surface area contributed by atoms with Gasteiger partial charge in [-0.25, -0.2) is 18.4 Å². The highest BCUT2D eigenvalue weighted by Crippen LogP contribution is 2.17. The molecule has 29 heavy (non-hydrogen) atoms. The van der Waals surface area contributed by atoms with Gasteiger partial charge in [0.25, 0.3) is 5.91 Å². The van der Waals surface area contributed by atoms with Crippen LogP contribution in [-0.4, -0.2) is 51.8 Å². The highest BCUT2D eigenvalue weighted by Gasteiger charge is 2.18.